The van der Waals surface area contributed by atoms with Crippen molar-refractivity contribution in [3.05, 3.63) is 23.8 Å². The van der Waals surface area contributed by atoms with Crippen LogP contribution in [0.2, 0.25) is 0 Å². The first-order valence-electron chi connectivity index (χ1n) is 6.66. The third-order valence-electron chi connectivity index (χ3n) is 3.57. The van der Waals surface area contributed by atoms with Gasteiger partial charge in [0.15, 0.2) is 11.5 Å². The van der Waals surface area contributed by atoms with Crippen molar-refractivity contribution in [2.75, 3.05) is 27.3 Å². The maximum absolute atomic E-state index is 12.4. The van der Waals surface area contributed by atoms with E-state index in [9.17, 15) is 9.59 Å². The highest BCUT2D eigenvalue weighted by Gasteiger charge is 2.24. The van der Waals surface area contributed by atoms with Crippen molar-refractivity contribution in [3.8, 4) is 11.5 Å². The van der Waals surface area contributed by atoms with E-state index in [1.165, 1.54) is 7.11 Å². The van der Waals surface area contributed by atoms with Gasteiger partial charge in [-0.1, -0.05) is 0 Å². The molecule has 0 saturated carbocycles. The first-order chi connectivity index (χ1) is 9.69. The molecule has 5 nitrogen and oxygen atoms in total. The van der Waals surface area contributed by atoms with E-state index in [1.54, 1.807) is 30.2 Å². The lowest BCUT2D eigenvalue weighted by Gasteiger charge is -2.30. The Morgan fingerprint density at radius 2 is 2.05 bits per heavy atom. The molecule has 1 amide bonds. The molecular weight excluding hydrogens is 258 g/mol. The number of nitrogens with zero attached hydrogens (tertiary/aromatic N) is 1. The summed E-state index contributed by atoms with van der Waals surface area (Å²) in [6.07, 6.45) is 2.66. The fourth-order valence-electron chi connectivity index (χ4n) is 2.46. The topological polar surface area (TPSA) is 55.8 Å². The van der Waals surface area contributed by atoms with Crippen LogP contribution in [-0.2, 0) is 4.79 Å². The summed E-state index contributed by atoms with van der Waals surface area (Å²) in [4.78, 5) is 25.0. The summed E-state index contributed by atoms with van der Waals surface area (Å²) in [7, 11) is 3.09. The Balaban J connectivity index is 2.18. The van der Waals surface area contributed by atoms with Crippen molar-refractivity contribution in [1.29, 1.82) is 0 Å². The van der Waals surface area contributed by atoms with Crippen LogP contribution in [0.5, 0.6) is 11.5 Å². The van der Waals surface area contributed by atoms with Gasteiger partial charge in [0.2, 0.25) is 0 Å². The highest BCUT2D eigenvalue weighted by molar-refractivity contribution is 5.95. The van der Waals surface area contributed by atoms with E-state index in [-0.39, 0.29) is 11.8 Å². The average molecular weight is 277 g/mol. The van der Waals surface area contributed by atoms with Crippen LogP contribution in [0.1, 0.15) is 23.2 Å². The van der Waals surface area contributed by atoms with Crippen molar-refractivity contribution >= 4 is 12.2 Å². The SMILES string of the molecule is COc1ccc(C(=O)N2CCCC(C=O)C2)cc1OC. The maximum atomic E-state index is 12.4. The number of carbonyl (C=O) groups excluding carboxylic acids is 2. The van der Waals surface area contributed by atoms with Crippen LogP contribution in [0.15, 0.2) is 18.2 Å². The molecule has 1 atom stereocenters. The largest absolute Gasteiger partial charge is 0.493 e. The third kappa shape index (κ3) is 2.92. The highest BCUT2D eigenvalue weighted by atomic mass is 16.5. The number of likely N-dealkylation sites (tertiary alicyclic amines) is 1. The number of methoxy groups -OCH3 is 2. The molecular formula is C15H19NO4. The van der Waals surface area contributed by atoms with Crippen LogP contribution in [0.4, 0.5) is 0 Å². The van der Waals surface area contributed by atoms with Gasteiger partial charge < -0.3 is 19.2 Å². The Morgan fingerprint density at radius 1 is 1.30 bits per heavy atom. The monoisotopic (exact) mass is 277 g/mol. The first-order valence-corrected chi connectivity index (χ1v) is 6.66. The second-order valence-electron chi connectivity index (χ2n) is 4.86. The molecule has 0 N–H and O–H groups in total. The number of rotatable bonds is 4. The average Bonchev–Trinajstić information content (AvgIpc) is 2.53. The minimum Gasteiger partial charge on any atom is -0.493 e. The van der Waals surface area contributed by atoms with Gasteiger partial charge in [-0.3, -0.25) is 4.79 Å². The Kier molecular flexibility index (Phi) is 4.61. The molecule has 1 aromatic rings. The van der Waals surface area contributed by atoms with E-state index < -0.39 is 0 Å². The number of piperidine rings is 1. The molecule has 1 heterocycles. The standard InChI is InChI=1S/C15H19NO4/c1-19-13-6-5-12(8-14(13)20-2)15(18)16-7-3-4-11(9-16)10-17/h5-6,8,10-11H,3-4,7,9H2,1-2H3. The molecule has 20 heavy (non-hydrogen) atoms. The summed E-state index contributed by atoms with van der Waals surface area (Å²) >= 11 is 0. The van der Waals surface area contributed by atoms with Gasteiger partial charge in [-0.05, 0) is 31.0 Å². The second kappa shape index (κ2) is 6.41. The number of hydrogen-bond donors (Lipinski definition) is 0. The van der Waals surface area contributed by atoms with Crippen LogP contribution in [0, 0.1) is 5.92 Å². The predicted molar refractivity (Wildman–Crippen MR) is 74.2 cm³/mol. The van der Waals surface area contributed by atoms with Gasteiger partial charge in [0.25, 0.3) is 5.91 Å². The quantitative estimate of drug-likeness (QED) is 0.787. The van der Waals surface area contributed by atoms with Gasteiger partial charge in [0, 0.05) is 24.6 Å². The number of aldehydes is 1. The van der Waals surface area contributed by atoms with Crippen molar-refractivity contribution < 1.29 is 19.1 Å². The minimum atomic E-state index is -0.0718. The summed E-state index contributed by atoms with van der Waals surface area (Å²) in [5.74, 6) is 1.00. The molecule has 0 spiro atoms. The fourth-order valence-corrected chi connectivity index (χ4v) is 2.46. The fraction of sp³-hybridized carbons (Fsp3) is 0.467. The summed E-state index contributed by atoms with van der Waals surface area (Å²) in [6.45, 7) is 1.19. The lowest BCUT2D eigenvalue weighted by atomic mass is 9.99. The number of carbonyl (C=O) groups is 2. The molecule has 1 fully saturated rings. The number of benzene rings is 1. The van der Waals surface area contributed by atoms with Gasteiger partial charge >= 0.3 is 0 Å². The van der Waals surface area contributed by atoms with E-state index in [1.807, 2.05) is 0 Å². The van der Waals surface area contributed by atoms with Crippen LogP contribution >= 0.6 is 0 Å². The van der Waals surface area contributed by atoms with E-state index in [2.05, 4.69) is 0 Å². The number of hydrogen-bond acceptors (Lipinski definition) is 4. The van der Waals surface area contributed by atoms with Crippen LogP contribution in [0.25, 0.3) is 0 Å². The zero-order valence-corrected chi connectivity index (χ0v) is 11.8. The Morgan fingerprint density at radius 3 is 2.70 bits per heavy atom. The Bertz CT molecular complexity index is 501. The zero-order chi connectivity index (χ0) is 14.5. The van der Waals surface area contributed by atoms with Crippen molar-refractivity contribution in [3.63, 3.8) is 0 Å². The number of ether oxygens (including phenoxy) is 2. The molecule has 1 aliphatic heterocycles. The molecule has 1 saturated heterocycles. The lowest BCUT2D eigenvalue weighted by Crippen LogP contribution is -2.40. The van der Waals surface area contributed by atoms with E-state index in [0.29, 0.717) is 30.2 Å². The molecule has 2 rings (SSSR count). The van der Waals surface area contributed by atoms with Gasteiger partial charge in [-0.2, -0.15) is 0 Å². The van der Waals surface area contributed by atoms with Gasteiger partial charge in [-0.15, -0.1) is 0 Å². The lowest BCUT2D eigenvalue weighted by molar-refractivity contribution is -0.112. The summed E-state index contributed by atoms with van der Waals surface area (Å²) in [5, 5.41) is 0. The Labute approximate surface area is 118 Å². The van der Waals surface area contributed by atoms with Crippen molar-refractivity contribution in [1.82, 2.24) is 4.90 Å². The molecule has 0 aromatic heterocycles. The maximum Gasteiger partial charge on any atom is 0.254 e. The van der Waals surface area contributed by atoms with Crippen LogP contribution in [-0.4, -0.2) is 44.4 Å². The molecule has 1 aliphatic rings. The van der Waals surface area contributed by atoms with Crippen molar-refractivity contribution in [2.24, 2.45) is 5.92 Å². The molecule has 0 bridgehead atoms. The summed E-state index contributed by atoms with van der Waals surface area (Å²) in [5.41, 5.74) is 0.550. The molecule has 5 heteroatoms. The van der Waals surface area contributed by atoms with Crippen molar-refractivity contribution in [2.45, 2.75) is 12.8 Å². The molecule has 0 radical (unpaired) electrons. The minimum absolute atomic E-state index is 0.0483. The van der Waals surface area contributed by atoms with E-state index in [0.717, 1.165) is 19.1 Å². The smallest absolute Gasteiger partial charge is 0.254 e. The number of amides is 1. The highest BCUT2D eigenvalue weighted by Crippen LogP contribution is 2.28. The second-order valence-corrected chi connectivity index (χ2v) is 4.86. The van der Waals surface area contributed by atoms with E-state index >= 15 is 0 Å². The normalized spacial score (nSPS) is 18.5. The molecule has 1 aromatic carbocycles. The molecule has 0 aliphatic carbocycles. The third-order valence-corrected chi connectivity index (χ3v) is 3.57. The van der Waals surface area contributed by atoms with E-state index in [4.69, 9.17) is 9.47 Å². The van der Waals surface area contributed by atoms with Crippen LogP contribution in [0.3, 0.4) is 0 Å². The predicted octanol–water partition coefficient (Wildman–Crippen LogP) is 1.75. The van der Waals surface area contributed by atoms with Gasteiger partial charge in [0.1, 0.15) is 6.29 Å². The zero-order valence-electron chi connectivity index (χ0n) is 11.8. The summed E-state index contributed by atoms with van der Waals surface area (Å²) in [6, 6.07) is 5.10. The van der Waals surface area contributed by atoms with Crippen LogP contribution < -0.4 is 9.47 Å². The summed E-state index contributed by atoms with van der Waals surface area (Å²) < 4.78 is 10.4. The van der Waals surface area contributed by atoms with Gasteiger partial charge in [0.05, 0.1) is 14.2 Å². The first kappa shape index (κ1) is 14.4. The van der Waals surface area contributed by atoms with Gasteiger partial charge in [-0.25, -0.2) is 0 Å². The Hall–Kier alpha value is -2.04. The molecule has 108 valence electrons. The molecule has 1 unspecified atom stereocenters.